The molecular formula is C15H19N3O. The van der Waals surface area contributed by atoms with Gasteiger partial charge in [-0.1, -0.05) is 24.3 Å². The summed E-state index contributed by atoms with van der Waals surface area (Å²) < 4.78 is 5.34. The van der Waals surface area contributed by atoms with Gasteiger partial charge in [-0.3, -0.25) is 0 Å². The Labute approximate surface area is 113 Å². The molecule has 19 heavy (non-hydrogen) atoms. The third kappa shape index (κ3) is 1.82. The number of benzene rings is 1. The smallest absolute Gasteiger partial charge is 0.191 e. The molecule has 2 fully saturated rings. The molecule has 0 aromatic heterocycles. The third-order valence-corrected chi connectivity index (χ3v) is 4.61. The van der Waals surface area contributed by atoms with Gasteiger partial charge < -0.3 is 15.4 Å². The number of rotatable bonds is 1. The molecule has 2 N–H and O–H groups in total. The van der Waals surface area contributed by atoms with E-state index in [0.29, 0.717) is 23.8 Å². The van der Waals surface area contributed by atoms with Gasteiger partial charge in [0, 0.05) is 19.0 Å². The number of nitrogens with zero attached hydrogens (tertiary/aromatic N) is 2. The van der Waals surface area contributed by atoms with Crippen LogP contribution in [0.5, 0.6) is 0 Å². The number of aliphatic imine (C=N–C) groups is 1. The minimum atomic E-state index is 0.415. The van der Waals surface area contributed by atoms with Crippen LogP contribution in [0.1, 0.15) is 17.0 Å². The van der Waals surface area contributed by atoms with Crippen LogP contribution in [0.25, 0.3) is 0 Å². The fraction of sp³-hybridized carbons (Fsp3) is 0.533. The first-order valence-corrected chi connectivity index (χ1v) is 7.08. The van der Waals surface area contributed by atoms with Gasteiger partial charge in [0.2, 0.25) is 0 Å². The SMILES string of the molecule is NC(=NC1C2Cc3ccccc3C21)N1CCOCC1. The van der Waals surface area contributed by atoms with Gasteiger partial charge in [0.05, 0.1) is 19.3 Å². The van der Waals surface area contributed by atoms with Crippen LogP contribution in [-0.4, -0.2) is 43.2 Å². The zero-order valence-electron chi connectivity index (χ0n) is 11.0. The first-order chi connectivity index (χ1) is 9.34. The van der Waals surface area contributed by atoms with Crippen molar-refractivity contribution in [3.05, 3.63) is 35.4 Å². The summed E-state index contributed by atoms with van der Waals surface area (Å²) in [7, 11) is 0. The Kier molecular flexibility index (Phi) is 2.52. The van der Waals surface area contributed by atoms with Gasteiger partial charge in [-0.05, 0) is 23.5 Å². The van der Waals surface area contributed by atoms with Crippen LogP contribution in [0.2, 0.25) is 0 Å². The van der Waals surface area contributed by atoms with E-state index in [4.69, 9.17) is 15.5 Å². The summed E-state index contributed by atoms with van der Waals surface area (Å²) in [6.45, 7) is 3.26. The monoisotopic (exact) mass is 257 g/mol. The number of nitrogens with two attached hydrogens (primary N) is 1. The summed E-state index contributed by atoms with van der Waals surface area (Å²) in [6, 6.07) is 9.17. The van der Waals surface area contributed by atoms with Crippen molar-refractivity contribution in [2.75, 3.05) is 26.3 Å². The molecular weight excluding hydrogens is 238 g/mol. The second-order valence-corrected chi connectivity index (χ2v) is 5.67. The summed E-state index contributed by atoms with van der Waals surface area (Å²) in [5.74, 6) is 2.02. The molecule has 0 amide bonds. The number of ether oxygens (including phenoxy) is 1. The molecule has 1 aliphatic heterocycles. The quantitative estimate of drug-likeness (QED) is 0.602. The highest BCUT2D eigenvalue weighted by Gasteiger charge is 2.56. The van der Waals surface area contributed by atoms with E-state index in [2.05, 4.69) is 29.2 Å². The molecule has 1 saturated carbocycles. The van der Waals surface area contributed by atoms with Crippen molar-refractivity contribution >= 4 is 5.96 Å². The standard InChI is InChI=1S/C15H19N3O/c16-15(18-5-7-19-8-6-18)17-14-12-9-10-3-1-2-4-11(10)13(12)14/h1-4,12-14H,5-9H2,(H2,16,17). The van der Waals surface area contributed by atoms with Gasteiger partial charge in [0.15, 0.2) is 5.96 Å². The molecule has 1 heterocycles. The molecule has 1 aromatic rings. The van der Waals surface area contributed by atoms with Gasteiger partial charge in [-0.25, -0.2) is 4.99 Å². The van der Waals surface area contributed by atoms with Crippen LogP contribution in [0.3, 0.4) is 0 Å². The molecule has 3 atom stereocenters. The Balaban J connectivity index is 1.49. The van der Waals surface area contributed by atoms with Gasteiger partial charge in [-0.15, -0.1) is 0 Å². The molecule has 4 nitrogen and oxygen atoms in total. The second kappa shape index (κ2) is 4.23. The van der Waals surface area contributed by atoms with E-state index in [1.807, 2.05) is 0 Å². The van der Waals surface area contributed by atoms with Crippen LogP contribution in [0.15, 0.2) is 29.3 Å². The van der Waals surface area contributed by atoms with Crippen molar-refractivity contribution in [1.82, 2.24) is 4.90 Å². The van der Waals surface area contributed by atoms with Crippen molar-refractivity contribution < 1.29 is 4.74 Å². The van der Waals surface area contributed by atoms with Gasteiger partial charge in [0.1, 0.15) is 0 Å². The minimum Gasteiger partial charge on any atom is -0.378 e. The van der Waals surface area contributed by atoms with Crippen LogP contribution >= 0.6 is 0 Å². The van der Waals surface area contributed by atoms with E-state index in [1.165, 1.54) is 17.5 Å². The first-order valence-electron chi connectivity index (χ1n) is 7.08. The van der Waals surface area contributed by atoms with E-state index in [9.17, 15) is 0 Å². The Morgan fingerprint density at radius 1 is 1.26 bits per heavy atom. The molecule has 100 valence electrons. The van der Waals surface area contributed by atoms with E-state index < -0.39 is 0 Å². The van der Waals surface area contributed by atoms with Crippen LogP contribution in [0.4, 0.5) is 0 Å². The molecule has 2 aliphatic carbocycles. The van der Waals surface area contributed by atoms with Gasteiger partial charge >= 0.3 is 0 Å². The largest absolute Gasteiger partial charge is 0.378 e. The maximum atomic E-state index is 6.13. The Morgan fingerprint density at radius 2 is 2.05 bits per heavy atom. The second-order valence-electron chi connectivity index (χ2n) is 5.67. The summed E-state index contributed by atoms with van der Waals surface area (Å²) in [5.41, 5.74) is 9.14. The maximum absolute atomic E-state index is 6.13. The highest BCUT2D eigenvalue weighted by atomic mass is 16.5. The molecule has 3 aliphatic rings. The van der Waals surface area contributed by atoms with E-state index >= 15 is 0 Å². The van der Waals surface area contributed by atoms with E-state index in [0.717, 1.165) is 26.3 Å². The van der Waals surface area contributed by atoms with Crippen LogP contribution in [0, 0.1) is 5.92 Å². The number of hydrogen-bond acceptors (Lipinski definition) is 2. The lowest BCUT2D eigenvalue weighted by Crippen LogP contribution is -2.45. The Bertz CT molecular complexity index is 522. The summed E-state index contributed by atoms with van der Waals surface area (Å²) >= 11 is 0. The zero-order valence-corrected chi connectivity index (χ0v) is 11.0. The van der Waals surface area contributed by atoms with E-state index in [-0.39, 0.29) is 0 Å². The average molecular weight is 257 g/mol. The van der Waals surface area contributed by atoms with Crippen LogP contribution < -0.4 is 5.73 Å². The lowest BCUT2D eigenvalue weighted by atomic mass is 10.1. The third-order valence-electron chi connectivity index (χ3n) is 4.61. The van der Waals surface area contributed by atoms with Crippen molar-refractivity contribution in [3.8, 4) is 0 Å². The molecule has 3 unspecified atom stereocenters. The van der Waals surface area contributed by atoms with Crippen molar-refractivity contribution in [2.24, 2.45) is 16.6 Å². The topological polar surface area (TPSA) is 50.8 Å². The number of morpholine rings is 1. The lowest BCUT2D eigenvalue weighted by Gasteiger charge is -2.27. The van der Waals surface area contributed by atoms with Gasteiger partial charge in [0.25, 0.3) is 0 Å². The Morgan fingerprint density at radius 3 is 2.89 bits per heavy atom. The number of hydrogen-bond donors (Lipinski definition) is 1. The summed E-state index contributed by atoms with van der Waals surface area (Å²) in [6.07, 6.45) is 1.17. The average Bonchev–Trinajstić information content (AvgIpc) is 2.97. The minimum absolute atomic E-state index is 0.415. The van der Waals surface area contributed by atoms with Gasteiger partial charge in [-0.2, -0.15) is 0 Å². The van der Waals surface area contributed by atoms with Crippen molar-refractivity contribution in [2.45, 2.75) is 18.4 Å². The number of guanidine groups is 1. The Hall–Kier alpha value is -1.55. The normalized spacial score (nSPS) is 32.9. The first kappa shape index (κ1) is 11.3. The van der Waals surface area contributed by atoms with E-state index in [1.54, 1.807) is 0 Å². The summed E-state index contributed by atoms with van der Waals surface area (Å²) in [5, 5.41) is 0. The number of fused-ring (bicyclic) bond motifs is 3. The predicted molar refractivity (Wildman–Crippen MR) is 74.2 cm³/mol. The highest BCUT2D eigenvalue weighted by Crippen LogP contribution is 2.58. The molecule has 0 bridgehead atoms. The molecule has 4 rings (SSSR count). The zero-order chi connectivity index (χ0) is 12.8. The molecule has 0 radical (unpaired) electrons. The fourth-order valence-electron chi connectivity index (χ4n) is 3.52. The molecule has 4 heteroatoms. The predicted octanol–water partition coefficient (Wildman–Crippen LogP) is 0.972. The lowest BCUT2D eigenvalue weighted by molar-refractivity contribution is 0.0674. The molecule has 0 spiro atoms. The van der Waals surface area contributed by atoms with Crippen LogP contribution in [-0.2, 0) is 11.2 Å². The maximum Gasteiger partial charge on any atom is 0.191 e. The molecule has 1 saturated heterocycles. The summed E-state index contributed by atoms with van der Waals surface area (Å²) in [4.78, 5) is 6.90. The van der Waals surface area contributed by atoms with Crippen molar-refractivity contribution in [1.29, 1.82) is 0 Å². The highest BCUT2D eigenvalue weighted by molar-refractivity contribution is 5.79. The van der Waals surface area contributed by atoms with Crippen molar-refractivity contribution in [3.63, 3.8) is 0 Å². The molecule has 1 aromatic carbocycles. The fourth-order valence-corrected chi connectivity index (χ4v) is 3.52.